The van der Waals surface area contributed by atoms with Gasteiger partial charge in [-0.1, -0.05) is 0 Å². The third kappa shape index (κ3) is 1.13. The molecular weight excluding hydrogens is 93.1 g/mol. The summed E-state index contributed by atoms with van der Waals surface area (Å²) in [4.78, 5) is 2.14. The maximum Gasteiger partial charge on any atom is 0.0909 e. The maximum atomic E-state index is 11.4. The Morgan fingerprint density at radius 2 is 2.43 bits per heavy atom. The molecule has 0 radical (unpaired) electrons. The summed E-state index contributed by atoms with van der Waals surface area (Å²) in [6.45, 7) is 0.943. The molecule has 0 saturated carbocycles. The van der Waals surface area contributed by atoms with Crippen molar-refractivity contribution in [3.63, 3.8) is 0 Å². The van der Waals surface area contributed by atoms with Crippen molar-refractivity contribution in [3.05, 3.63) is 0 Å². The number of nitrogens with zero attached hydrogens (tertiary/aromatic N) is 1. The molecule has 0 N–H and O–H groups in total. The van der Waals surface area contributed by atoms with Crippen LogP contribution in [-0.4, -0.2) is 31.2 Å². The Hall–Kier alpha value is -0.110. The van der Waals surface area contributed by atoms with E-state index < -0.39 is 0 Å². The highest BCUT2D eigenvalue weighted by Gasteiger charge is 2.28. The van der Waals surface area contributed by atoms with E-state index in [0.29, 0.717) is 6.04 Å². The molecule has 42 valence electrons. The lowest BCUT2D eigenvalue weighted by atomic mass is 10.4. The lowest BCUT2D eigenvalue weighted by Crippen LogP contribution is -1.93. The predicted molar refractivity (Wildman–Crippen MR) is 27.0 cm³/mol. The molecule has 2 atom stereocenters. The molecule has 1 fully saturated rings. The van der Waals surface area contributed by atoms with Crippen molar-refractivity contribution >= 4 is 0 Å². The zero-order valence-corrected chi connectivity index (χ0v) is 4.52. The predicted octanol–water partition coefficient (Wildman–Crippen LogP) is 0.660. The quantitative estimate of drug-likeness (QED) is 0.464. The summed E-state index contributed by atoms with van der Waals surface area (Å²) < 4.78 is 11.4. The number of rotatable bonds is 2. The van der Waals surface area contributed by atoms with Gasteiger partial charge in [0.05, 0.1) is 6.67 Å². The average Bonchev–Trinajstić information content (AvgIpc) is 2.22. The Balaban J connectivity index is 1.98. The standard InChI is InChI=1S/C5H10FN/c1-7-4-5(7)2-3-6/h5H,2-4H2,1H3. The Morgan fingerprint density at radius 3 is 2.57 bits per heavy atom. The van der Waals surface area contributed by atoms with E-state index in [9.17, 15) is 4.39 Å². The molecule has 0 aromatic heterocycles. The van der Waals surface area contributed by atoms with Crippen molar-refractivity contribution in [2.45, 2.75) is 12.5 Å². The molecule has 0 aromatic carbocycles. The second-order valence-electron chi connectivity index (χ2n) is 2.07. The fourth-order valence-electron chi connectivity index (χ4n) is 0.723. The SMILES string of the molecule is CN1CC1CCF. The monoisotopic (exact) mass is 103 g/mol. The minimum Gasteiger partial charge on any atom is -0.300 e. The van der Waals surface area contributed by atoms with Crippen LogP contribution in [0, 0.1) is 0 Å². The van der Waals surface area contributed by atoms with E-state index in [4.69, 9.17) is 0 Å². The Bertz CT molecular complexity index is 65.1. The van der Waals surface area contributed by atoms with Crippen molar-refractivity contribution in [1.82, 2.24) is 4.90 Å². The smallest absolute Gasteiger partial charge is 0.0909 e. The van der Waals surface area contributed by atoms with Crippen LogP contribution in [0.3, 0.4) is 0 Å². The van der Waals surface area contributed by atoms with E-state index in [-0.39, 0.29) is 6.67 Å². The molecule has 0 aromatic rings. The topological polar surface area (TPSA) is 3.01 Å². The van der Waals surface area contributed by atoms with E-state index >= 15 is 0 Å². The summed E-state index contributed by atoms with van der Waals surface area (Å²) in [7, 11) is 2.01. The van der Waals surface area contributed by atoms with Crippen LogP contribution in [0.5, 0.6) is 0 Å². The van der Waals surface area contributed by atoms with E-state index in [1.54, 1.807) is 0 Å². The van der Waals surface area contributed by atoms with Crippen LogP contribution in [0.15, 0.2) is 0 Å². The first-order valence-corrected chi connectivity index (χ1v) is 2.61. The minimum atomic E-state index is -0.158. The van der Waals surface area contributed by atoms with Gasteiger partial charge in [-0.25, -0.2) is 0 Å². The van der Waals surface area contributed by atoms with Crippen LogP contribution in [0.2, 0.25) is 0 Å². The molecule has 1 rings (SSSR count). The van der Waals surface area contributed by atoms with Crippen LogP contribution in [0.25, 0.3) is 0 Å². The van der Waals surface area contributed by atoms with Gasteiger partial charge in [0.2, 0.25) is 0 Å². The average molecular weight is 103 g/mol. The molecule has 0 bridgehead atoms. The summed E-state index contributed by atoms with van der Waals surface area (Å²) >= 11 is 0. The van der Waals surface area contributed by atoms with Crippen molar-refractivity contribution in [1.29, 1.82) is 0 Å². The molecule has 0 aliphatic carbocycles. The van der Waals surface area contributed by atoms with E-state index in [1.807, 2.05) is 7.05 Å². The highest BCUT2D eigenvalue weighted by Crippen LogP contribution is 2.16. The number of likely N-dealkylation sites (N-methyl/N-ethyl adjacent to an activating group) is 1. The highest BCUT2D eigenvalue weighted by atomic mass is 19.1. The molecule has 1 saturated heterocycles. The summed E-state index contributed by atoms with van der Waals surface area (Å²) in [6, 6.07) is 0.574. The summed E-state index contributed by atoms with van der Waals surface area (Å²) in [5.41, 5.74) is 0. The minimum absolute atomic E-state index is 0.158. The van der Waals surface area contributed by atoms with Gasteiger partial charge in [-0.15, -0.1) is 0 Å². The van der Waals surface area contributed by atoms with Gasteiger partial charge in [-0.2, -0.15) is 0 Å². The first-order valence-electron chi connectivity index (χ1n) is 2.61. The number of hydrogen-bond acceptors (Lipinski definition) is 1. The molecule has 2 unspecified atom stereocenters. The third-order valence-electron chi connectivity index (χ3n) is 1.43. The van der Waals surface area contributed by atoms with E-state index in [0.717, 1.165) is 13.0 Å². The third-order valence-corrected chi connectivity index (χ3v) is 1.43. The van der Waals surface area contributed by atoms with Crippen LogP contribution in [-0.2, 0) is 0 Å². The van der Waals surface area contributed by atoms with Gasteiger partial charge in [0.1, 0.15) is 0 Å². The highest BCUT2D eigenvalue weighted by molar-refractivity contribution is 4.84. The number of alkyl halides is 1. The molecule has 1 aliphatic heterocycles. The molecular formula is C5H10FN. The van der Waals surface area contributed by atoms with Crippen LogP contribution >= 0.6 is 0 Å². The molecule has 1 heterocycles. The van der Waals surface area contributed by atoms with Crippen LogP contribution in [0.1, 0.15) is 6.42 Å². The lowest BCUT2D eigenvalue weighted by Gasteiger charge is -1.86. The van der Waals surface area contributed by atoms with Crippen molar-refractivity contribution < 1.29 is 4.39 Å². The fourth-order valence-corrected chi connectivity index (χ4v) is 0.723. The Kier molecular flexibility index (Phi) is 1.28. The van der Waals surface area contributed by atoms with Gasteiger partial charge in [0.15, 0.2) is 0 Å². The van der Waals surface area contributed by atoms with Crippen LogP contribution in [0.4, 0.5) is 4.39 Å². The zero-order valence-electron chi connectivity index (χ0n) is 4.52. The molecule has 0 amide bonds. The van der Waals surface area contributed by atoms with Gasteiger partial charge in [0, 0.05) is 12.6 Å². The van der Waals surface area contributed by atoms with E-state index in [1.165, 1.54) is 0 Å². The van der Waals surface area contributed by atoms with Crippen molar-refractivity contribution in [3.8, 4) is 0 Å². The van der Waals surface area contributed by atoms with Gasteiger partial charge in [-0.05, 0) is 13.5 Å². The molecule has 7 heavy (non-hydrogen) atoms. The van der Waals surface area contributed by atoms with Crippen LogP contribution < -0.4 is 0 Å². The largest absolute Gasteiger partial charge is 0.300 e. The van der Waals surface area contributed by atoms with Crippen molar-refractivity contribution in [2.75, 3.05) is 20.3 Å². The second-order valence-corrected chi connectivity index (χ2v) is 2.07. The molecule has 1 nitrogen and oxygen atoms in total. The second kappa shape index (κ2) is 1.78. The normalized spacial score (nSPS) is 38.6. The molecule has 0 spiro atoms. The molecule has 2 heteroatoms. The Labute approximate surface area is 43.1 Å². The fraction of sp³-hybridized carbons (Fsp3) is 1.00. The molecule has 1 aliphatic rings. The first-order chi connectivity index (χ1) is 3.34. The van der Waals surface area contributed by atoms with Gasteiger partial charge < -0.3 is 4.90 Å². The van der Waals surface area contributed by atoms with Crippen molar-refractivity contribution in [2.24, 2.45) is 0 Å². The first kappa shape index (κ1) is 5.04. The summed E-state index contributed by atoms with van der Waals surface area (Å²) in [5.74, 6) is 0. The van der Waals surface area contributed by atoms with Gasteiger partial charge in [0.25, 0.3) is 0 Å². The van der Waals surface area contributed by atoms with Gasteiger partial charge in [-0.3, -0.25) is 4.39 Å². The maximum absolute atomic E-state index is 11.4. The summed E-state index contributed by atoms with van der Waals surface area (Å²) in [5, 5.41) is 0. The zero-order chi connectivity index (χ0) is 5.28. The number of halogens is 1. The van der Waals surface area contributed by atoms with E-state index in [2.05, 4.69) is 4.90 Å². The lowest BCUT2D eigenvalue weighted by molar-refractivity contribution is 0.446. The summed E-state index contributed by atoms with van der Waals surface area (Å²) in [6.07, 6.45) is 0.733. The Morgan fingerprint density at radius 1 is 1.86 bits per heavy atom. The van der Waals surface area contributed by atoms with Gasteiger partial charge >= 0.3 is 0 Å². The number of hydrogen-bond donors (Lipinski definition) is 0.